The lowest BCUT2D eigenvalue weighted by Crippen LogP contribution is -2.54. The number of benzene rings is 2. The summed E-state index contributed by atoms with van der Waals surface area (Å²) in [5.41, 5.74) is 3.38. The van der Waals surface area contributed by atoms with Crippen LogP contribution in [0.3, 0.4) is 0 Å². The van der Waals surface area contributed by atoms with E-state index >= 15 is 0 Å². The van der Waals surface area contributed by atoms with E-state index in [1.807, 2.05) is 24.3 Å². The molecule has 1 saturated carbocycles. The lowest BCUT2D eigenvalue weighted by atomic mass is 9.90. The molecule has 2 aromatic carbocycles. The van der Waals surface area contributed by atoms with Crippen molar-refractivity contribution in [1.29, 1.82) is 0 Å². The number of carbonyl (C=O) groups is 3. The molecule has 0 unspecified atom stereocenters. The van der Waals surface area contributed by atoms with Crippen molar-refractivity contribution in [3.05, 3.63) is 59.7 Å². The first-order valence-corrected chi connectivity index (χ1v) is 11.6. The highest BCUT2D eigenvalue weighted by molar-refractivity contribution is 5.87. The van der Waals surface area contributed by atoms with Gasteiger partial charge in [-0.15, -0.1) is 0 Å². The molecule has 0 bridgehead atoms. The van der Waals surface area contributed by atoms with Crippen LogP contribution in [0.15, 0.2) is 48.5 Å². The Morgan fingerprint density at radius 1 is 0.909 bits per heavy atom. The maximum absolute atomic E-state index is 12.4. The zero-order chi connectivity index (χ0) is 23.3. The van der Waals surface area contributed by atoms with E-state index in [1.165, 1.54) is 0 Å². The Labute approximate surface area is 193 Å². The topological polar surface area (TPSA) is 105 Å². The highest BCUT2D eigenvalue weighted by Gasteiger charge is 2.39. The minimum absolute atomic E-state index is 0.000768. The number of carbonyl (C=O) groups excluding carboxylic acids is 2. The molecule has 0 radical (unpaired) electrons. The molecule has 33 heavy (non-hydrogen) atoms. The molecule has 7 nitrogen and oxygen atoms in total. The van der Waals surface area contributed by atoms with Gasteiger partial charge in [0.2, 0.25) is 5.91 Å². The number of amides is 2. The molecule has 4 rings (SSSR count). The second kappa shape index (κ2) is 10.1. The smallest absolute Gasteiger partial charge is 0.407 e. The van der Waals surface area contributed by atoms with Crippen LogP contribution in [0.5, 0.6) is 0 Å². The summed E-state index contributed by atoms with van der Waals surface area (Å²) in [4.78, 5) is 36.5. The second-order valence-electron chi connectivity index (χ2n) is 8.85. The molecule has 0 heterocycles. The van der Waals surface area contributed by atoms with E-state index in [9.17, 15) is 19.5 Å². The number of rotatable bonds is 7. The summed E-state index contributed by atoms with van der Waals surface area (Å²) in [5.74, 6) is -1.39. The fourth-order valence-electron chi connectivity index (χ4n) is 4.98. The molecule has 0 aromatic heterocycles. The van der Waals surface area contributed by atoms with Crippen LogP contribution in [0.4, 0.5) is 4.79 Å². The quantitative estimate of drug-likeness (QED) is 0.548. The largest absolute Gasteiger partial charge is 0.480 e. The lowest BCUT2D eigenvalue weighted by Gasteiger charge is -2.29. The number of carboxylic acids is 1. The first kappa shape index (κ1) is 22.8. The van der Waals surface area contributed by atoms with Crippen LogP contribution in [0.25, 0.3) is 11.1 Å². The molecular formula is C26H30N2O5. The van der Waals surface area contributed by atoms with Gasteiger partial charge in [0.25, 0.3) is 0 Å². The SMILES string of the molecule is O=C(CCNC(=O)OCC1c2ccccc2-c2ccccc21)NC1(C(=O)O)CCCCCC1. The summed E-state index contributed by atoms with van der Waals surface area (Å²) in [6, 6.07) is 16.2. The fourth-order valence-corrected chi connectivity index (χ4v) is 4.98. The fraction of sp³-hybridized carbons (Fsp3) is 0.423. The molecule has 0 atom stereocenters. The maximum Gasteiger partial charge on any atom is 0.407 e. The minimum atomic E-state index is -1.20. The molecule has 3 N–H and O–H groups in total. The van der Waals surface area contributed by atoms with Crippen molar-refractivity contribution in [2.24, 2.45) is 0 Å². The molecule has 1 fully saturated rings. The van der Waals surface area contributed by atoms with Crippen molar-refractivity contribution in [2.45, 2.75) is 56.4 Å². The number of ether oxygens (including phenoxy) is 1. The van der Waals surface area contributed by atoms with E-state index in [0.29, 0.717) is 12.8 Å². The summed E-state index contributed by atoms with van der Waals surface area (Å²) in [6.07, 6.45) is 3.81. The number of carboxylic acid groups (broad SMARTS) is 1. The zero-order valence-electron chi connectivity index (χ0n) is 18.6. The number of alkyl carbamates (subject to hydrolysis) is 1. The zero-order valence-corrected chi connectivity index (χ0v) is 18.6. The van der Waals surface area contributed by atoms with Crippen LogP contribution in [0.2, 0.25) is 0 Å². The lowest BCUT2D eigenvalue weighted by molar-refractivity contribution is -0.148. The van der Waals surface area contributed by atoms with Gasteiger partial charge in [-0.1, -0.05) is 74.2 Å². The molecule has 174 valence electrons. The van der Waals surface area contributed by atoms with Crippen molar-refractivity contribution in [3.8, 4) is 11.1 Å². The first-order chi connectivity index (χ1) is 16.0. The van der Waals surface area contributed by atoms with Gasteiger partial charge in [-0.05, 0) is 35.1 Å². The maximum atomic E-state index is 12.4. The van der Waals surface area contributed by atoms with Crippen LogP contribution < -0.4 is 10.6 Å². The van der Waals surface area contributed by atoms with Gasteiger partial charge in [0.1, 0.15) is 12.1 Å². The van der Waals surface area contributed by atoms with E-state index in [1.54, 1.807) is 0 Å². The van der Waals surface area contributed by atoms with Crippen molar-refractivity contribution in [2.75, 3.05) is 13.2 Å². The Morgan fingerprint density at radius 3 is 2.06 bits per heavy atom. The number of hydrogen-bond acceptors (Lipinski definition) is 4. The summed E-state index contributed by atoms with van der Waals surface area (Å²) < 4.78 is 5.47. The summed E-state index contributed by atoms with van der Waals surface area (Å²) in [6.45, 7) is 0.284. The van der Waals surface area contributed by atoms with E-state index in [0.717, 1.165) is 47.9 Å². The second-order valence-corrected chi connectivity index (χ2v) is 8.85. The van der Waals surface area contributed by atoms with Gasteiger partial charge >= 0.3 is 12.1 Å². The molecule has 2 amide bonds. The third-order valence-corrected chi connectivity index (χ3v) is 6.71. The number of hydrogen-bond donors (Lipinski definition) is 3. The van der Waals surface area contributed by atoms with Crippen molar-refractivity contribution in [3.63, 3.8) is 0 Å². The Morgan fingerprint density at radius 2 is 1.48 bits per heavy atom. The van der Waals surface area contributed by atoms with Gasteiger partial charge in [0.05, 0.1) is 0 Å². The average Bonchev–Trinajstić information content (AvgIpc) is 2.93. The third kappa shape index (κ3) is 5.02. The van der Waals surface area contributed by atoms with Gasteiger partial charge in [0, 0.05) is 18.9 Å². The molecule has 2 aromatic rings. The van der Waals surface area contributed by atoms with Gasteiger partial charge < -0.3 is 20.5 Å². The van der Waals surface area contributed by atoms with Crippen LogP contribution in [-0.4, -0.2) is 41.8 Å². The standard InChI is InChI=1S/C26H30N2O5/c29-23(28-26(24(30)31)14-7-1-2-8-15-26)13-16-27-25(32)33-17-22-20-11-5-3-9-18(20)19-10-4-6-12-21(19)22/h3-6,9-12,22H,1-2,7-8,13-17H2,(H,27,32)(H,28,29)(H,30,31). The van der Waals surface area contributed by atoms with E-state index in [2.05, 4.69) is 34.9 Å². The Hall–Kier alpha value is -3.35. The molecule has 2 aliphatic rings. The van der Waals surface area contributed by atoms with Crippen LogP contribution in [-0.2, 0) is 14.3 Å². The van der Waals surface area contributed by atoms with Crippen LogP contribution >= 0.6 is 0 Å². The minimum Gasteiger partial charge on any atom is -0.480 e. The Balaban J connectivity index is 1.26. The van der Waals surface area contributed by atoms with Gasteiger partial charge in [-0.2, -0.15) is 0 Å². The van der Waals surface area contributed by atoms with Gasteiger partial charge in [0.15, 0.2) is 0 Å². The number of nitrogens with one attached hydrogen (secondary N) is 2. The Bertz CT molecular complexity index is 981. The van der Waals surface area contributed by atoms with Crippen LogP contribution in [0, 0.1) is 0 Å². The monoisotopic (exact) mass is 450 g/mol. The molecular weight excluding hydrogens is 420 g/mol. The molecule has 2 aliphatic carbocycles. The van der Waals surface area contributed by atoms with Crippen molar-refractivity contribution >= 4 is 18.0 Å². The first-order valence-electron chi connectivity index (χ1n) is 11.6. The third-order valence-electron chi connectivity index (χ3n) is 6.71. The Kier molecular flexibility index (Phi) is 6.96. The summed E-state index contributed by atoms with van der Waals surface area (Å²) in [5, 5.41) is 15.0. The number of aliphatic carboxylic acids is 1. The van der Waals surface area contributed by atoms with Crippen molar-refractivity contribution < 1.29 is 24.2 Å². The summed E-state index contributed by atoms with van der Waals surface area (Å²) >= 11 is 0. The number of fused-ring (bicyclic) bond motifs is 3. The predicted molar refractivity (Wildman–Crippen MR) is 124 cm³/mol. The van der Waals surface area contributed by atoms with Crippen molar-refractivity contribution in [1.82, 2.24) is 10.6 Å². The van der Waals surface area contributed by atoms with E-state index in [4.69, 9.17) is 4.74 Å². The highest BCUT2D eigenvalue weighted by atomic mass is 16.5. The molecule has 0 aliphatic heterocycles. The normalized spacial score (nSPS) is 16.7. The van der Waals surface area contributed by atoms with Crippen LogP contribution in [0.1, 0.15) is 62.0 Å². The summed E-state index contributed by atoms with van der Waals surface area (Å²) in [7, 11) is 0. The molecule has 0 saturated heterocycles. The average molecular weight is 451 g/mol. The highest BCUT2D eigenvalue weighted by Crippen LogP contribution is 2.44. The van der Waals surface area contributed by atoms with E-state index < -0.39 is 17.6 Å². The van der Waals surface area contributed by atoms with Gasteiger partial charge in [-0.25, -0.2) is 9.59 Å². The molecule has 7 heteroatoms. The predicted octanol–water partition coefficient (Wildman–Crippen LogP) is 4.21. The van der Waals surface area contributed by atoms with E-state index in [-0.39, 0.29) is 31.4 Å². The molecule has 0 spiro atoms. The van der Waals surface area contributed by atoms with Gasteiger partial charge in [-0.3, -0.25) is 4.79 Å².